The van der Waals surface area contributed by atoms with Crippen LogP contribution in [-0.2, 0) is 6.54 Å². The van der Waals surface area contributed by atoms with Crippen molar-refractivity contribution in [1.29, 1.82) is 0 Å². The number of benzene rings is 1. The first kappa shape index (κ1) is 26.8. The summed E-state index contributed by atoms with van der Waals surface area (Å²) in [6, 6.07) is 12.1. The number of carbonyl (C=O) groups is 2. The molecule has 2 fully saturated rings. The van der Waals surface area contributed by atoms with Crippen molar-refractivity contribution in [3.63, 3.8) is 0 Å². The number of pyridine rings is 1. The molecule has 9 nitrogen and oxygen atoms in total. The zero-order chi connectivity index (χ0) is 27.2. The van der Waals surface area contributed by atoms with Gasteiger partial charge in [-0.15, -0.1) is 11.3 Å². The Bertz CT molecular complexity index is 1240. The second-order valence-corrected chi connectivity index (χ2v) is 10.4. The number of piperazine rings is 1. The van der Waals surface area contributed by atoms with Gasteiger partial charge in [-0.05, 0) is 42.7 Å². The first-order valence-electron chi connectivity index (χ1n) is 12.9. The Labute approximate surface area is 229 Å². The lowest BCUT2D eigenvalue weighted by molar-refractivity contribution is -0.0498. The molecule has 2 aliphatic heterocycles. The minimum Gasteiger partial charge on any atom is -0.435 e. The summed E-state index contributed by atoms with van der Waals surface area (Å²) in [5.74, 6) is 0.935. The fourth-order valence-corrected chi connectivity index (χ4v) is 5.80. The highest BCUT2D eigenvalue weighted by molar-refractivity contribution is 7.09. The first-order valence-corrected chi connectivity index (χ1v) is 13.8. The Hall–Kier alpha value is -3.80. The second-order valence-electron chi connectivity index (χ2n) is 9.48. The number of hydrogen-bond acceptors (Lipinski definition) is 7. The summed E-state index contributed by atoms with van der Waals surface area (Å²) in [5, 5.41) is 5.47. The molecule has 3 aromatic rings. The lowest BCUT2D eigenvalue weighted by Gasteiger charge is -2.39. The van der Waals surface area contributed by atoms with Crippen LogP contribution in [0.2, 0.25) is 0 Å². The van der Waals surface area contributed by atoms with Crippen LogP contribution >= 0.6 is 11.3 Å². The molecule has 1 aromatic carbocycles. The monoisotopic (exact) mass is 556 g/mol. The molecule has 2 aromatic heterocycles. The quantitative estimate of drug-likeness (QED) is 0.470. The van der Waals surface area contributed by atoms with Gasteiger partial charge >= 0.3 is 12.6 Å². The maximum absolute atomic E-state index is 13.1. The van der Waals surface area contributed by atoms with Crippen LogP contribution in [0, 0.1) is 0 Å². The van der Waals surface area contributed by atoms with Crippen LogP contribution in [0.25, 0.3) is 0 Å². The lowest BCUT2D eigenvalue weighted by atomic mass is 9.98. The molecule has 2 aliphatic rings. The van der Waals surface area contributed by atoms with Crippen molar-refractivity contribution in [3.8, 4) is 5.75 Å². The number of carbonyl (C=O) groups excluding carboxylic acids is 2. The number of thiazole rings is 1. The van der Waals surface area contributed by atoms with E-state index in [9.17, 15) is 18.4 Å². The van der Waals surface area contributed by atoms with Crippen LogP contribution in [0.4, 0.5) is 19.4 Å². The molecule has 0 unspecified atom stereocenters. The van der Waals surface area contributed by atoms with E-state index in [1.54, 1.807) is 23.7 Å². The number of alkyl halides is 2. The summed E-state index contributed by atoms with van der Waals surface area (Å²) in [5.41, 5.74) is 1.12. The molecule has 1 N–H and O–H groups in total. The molecule has 4 heterocycles. The smallest absolute Gasteiger partial charge is 0.387 e. The van der Waals surface area contributed by atoms with Crippen molar-refractivity contribution in [2.75, 3.05) is 44.2 Å². The maximum atomic E-state index is 13.1. The van der Waals surface area contributed by atoms with Crippen molar-refractivity contribution in [3.05, 3.63) is 70.3 Å². The molecule has 39 heavy (non-hydrogen) atoms. The number of aromatic nitrogens is 2. The third-order valence-corrected chi connectivity index (χ3v) is 8.00. The highest BCUT2D eigenvalue weighted by atomic mass is 32.1. The normalized spacial score (nSPS) is 16.4. The predicted molar refractivity (Wildman–Crippen MR) is 143 cm³/mol. The SMILES string of the molecule is O=C(NCc1ccc(OC(F)F)cc1)c1csc(C2CCN(C(=O)N3CCN(c4ccccn4)CC3)CC2)n1. The Kier molecular flexibility index (Phi) is 8.50. The van der Waals surface area contributed by atoms with E-state index < -0.39 is 6.61 Å². The Balaban J connectivity index is 1.06. The van der Waals surface area contributed by atoms with E-state index in [1.807, 2.05) is 28.0 Å². The van der Waals surface area contributed by atoms with Crippen molar-refractivity contribution >= 4 is 29.1 Å². The van der Waals surface area contributed by atoms with Gasteiger partial charge in [-0.1, -0.05) is 18.2 Å². The topological polar surface area (TPSA) is 90.9 Å². The number of anilines is 1. The number of amides is 3. The van der Waals surface area contributed by atoms with Gasteiger partial charge in [0.05, 0.1) is 5.01 Å². The van der Waals surface area contributed by atoms with E-state index in [1.165, 1.54) is 23.5 Å². The summed E-state index contributed by atoms with van der Waals surface area (Å²) in [7, 11) is 0. The van der Waals surface area contributed by atoms with E-state index >= 15 is 0 Å². The molecular weight excluding hydrogens is 526 g/mol. The van der Waals surface area contributed by atoms with Gasteiger partial charge in [0.15, 0.2) is 0 Å². The number of urea groups is 1. The molecule has 0 aliphatic carbocycles. The van der Waals surface area contributed by atoms with E-state index in [0.717, 1.165) is 42.3 Å². The molecule has 0 bridgehead atoms. The molecule has 5 rings (SSSR count). The Morgan fingerprint density at radius 3 is 2.38 bits per heavy atom. The number of ether oxygens (including phenoxy) is 1. The molecule has 0 atom stereocenters. The number of piperidine rings is 1. The average Bonchev–Trinajstić information content (AvgIpc) is 3.47. The third-order valence-electron chi connectivity index (χ3n) is 6.99. The third kappa shape index (κ3) is 6.80. The summed E-state index contributed by atoms with van der Waals surface area (Å²) in [6.07, 6.45) is 3.40. The summed E-state index contributed by atoms with van der Waals surface area (Å²) < 4.78 is 28.9. The molecule has 206 valence electrons. The largest absolute Gasteiger partial charge is 0.435 e. The van der Waals surface area contributed by atoms with Gasteiger partial charge in [0, 0.05) is 63.3 Å². The fourth-order valence-electron chi connectivity index (χ4n) is 4.83. The highest BCUT2D eigenvalue weighted by Crippen LogP contribution is 2.31. The van der Waals surface area contributed by atoms with Gasteiger partial charge in [0.1, 0.15) is 17.3 Å². The van der Waals surface area contributed by atoms with Crippen LogP contribution in [0.15, 0.2) is 54.0 Å². The average molecular weight is 557 g/mol. The summed E-state index contributed by atoms with van der Waals surface area (Å²) in [6.45, 7) is 1.58. The van der Waals surface area contributed by atoms with Crippen LogP contribution in [0.3, 0.4) is 0 Å². The van der Waals surface area contributed by atoms with Gasteiger partial charge in [-0.3, -0.25) is 4.79 Å². The van der Waals surface area contributed by atoms with E-state index in [2.05, 4.69) is 24.9 Å². The van der Waals surface area contributed by atoms with Crippen LogP contribution in [0.5, 0.6) is 5.75 Å². The van der Waals surface area contributed by atoms with Crippen molar-refractivity contribution in [1.82, 2.24) is 25.1 Å². The van der Waals surface area contributed by atoms with E-state index in [0.29, 0.717) is 31.9 Å². The van der Waals surface area contributed by atoms with Gasteiger partial charge in [0.2, 0.25) is 0 Å². The van der Waals surface area contributed by atoms with Crippen LogP contribution < -0.4 is 15.0 Å². The highest BCUT2D eigenvalue weighted by Gasteiger charge is 2.30. The van der Waals surface area contributed by atoms with Crippen molar-refractivity contribution in [2.45, 2.75) is 31.9 Å². The second kappa shape index (κ2) is 12.4. The number of hydrogen-bond donors (Lipinski definition) is 1. The van der Waals surface area contributed by atoms with Crippen LogP contribution in [-0.4, -0.2) is 77.6 Å². The van der Waals surface area contributed by atoms with Crippen LogP contribution in [0.1, 0.15) is 39.8 Å². The summed E-state index contributed by atoms with van der Waals surface area (Å²) >= 11 is 1.46. The number of rotatable bonds is 7. The first-order chi connectivity index (χ1) is 19.0. The van der Waals surface area contributed by atoms with Crippen molar-refractivity contribution in [2.24, 2.45) is 0 Å². The molecule has 3 amide bonds. The lowest BCUT2D eigenvalue weighted by Crippen LogP contribution is -2.54. The predicted octanol–water partition coefficient (Wildman–Crippen LogP) is 4.19. The zero-order valence-electron chi connectivity index (χ0n) is 21.3. The number of likely N-dealkylation sites (tertiary alicyclic amines) is 1. The van der Waals surface area contributed by atoms with Gasteiger partial charge in [0.25, 0.3) is 5.91 Å². The molecule has 2 saturated heterocycles. The fraction of sp³-hybridized carbons (Fsp3) is 0.407. The summed E-state index contributed by atoms with van der Waals surface area (Å²) in [4.78, 5) is 40.7. The Morgan fingerprint density at radius 1 is 1.00 bits per heavy atom. The van der Waals surface area contributed by atoms with Gasteiger partial charge in [-0.25, -0.2) is 14.8 Å². The number of nitrogens with one attached hydrogen (secondary N) is 1. The molecule has 0 saturated carbocycles. The van der Waals surface area contributed by atoms with E-state index in [-0.39, 0.29) is 30.2 Å². The maximum Gasteiger partial charge on any atom is 0.387 e. The van der Waals surface area contributed by atoms with E-state index in [4.69, 9.17) is 0 Å². The Morgan fingerprint density at radius 2 is 1.72 bits per heavy atom. The standard InChI is InChI=1S/C27H30F2N6O3S/c28-26(29)38-21-6-4-19(5-7-21)17-31-24(36)22-18-39-25(32-22)20-8-11-34(12-9-20)27(37)35-15-13-33(14-16-35)23-3-1-2-10-30-23/h1-7,10,18,20,26H,8-9,11-17H2,(H,31,36). The molecular formula is C27H30F2N6O3S. The van der Waals surface area contributed by atoms with Gasteiger partial charge in [-0.2, -0.15) is 8.78 Å². The minimum absolute atomic E-state index is 0.0696. The zero-order valence-corrected chi connectivity index (χ0v) is 22.2. The molecule has 0 spiro atoms. The van der Waals surface area contributed by atoms with Crippen molar-refractivity contribution < 1.29 is 23.1 Å². The molecule has 0 radical (unpaired) electrons. The number of nitrogens with zero attached hydrogens (tertiary/aromatic N) is 5. The van der Waals surface area contributed by atoms with Gasteiger partial charge < -0.3 is 24.8 Å². The minimum atomic E-state index is -2.87. The molecule has 12 heteroatoms. The number of halogens is 2.